The van der Waals surface area contributed by atoms with Gasteiger partial charge in [0.1, 0.15) is 5.65 Å². The monoisotopic (exact) mass is 375 g/mol. The van der Waals surface area contributed by atoms with Crippen LogP contribution < -0.4 is 10.6 Å². The molecule has 3 heterocycles. The molecule has 0 atom stereocenters. The highest BCUT2D eigenvalue weighted by atomic mass is 16.1. The van der Waals surface area contributed by atoms with Crippen molar-refractivity contribution in [2.75, 3.05) is 12.4 Å². The zero-order valence-electron chi connectivity index (χ0n) is 15.7. The molecule has 4 rings (SSSR count). The molecule has 0 bridgehead atoms. The van der Waals surface area contributed by atoms with Crippen LogP contribution in [-0.4, -0.2) is 37.7 Å². The first-order valence-electron chi connectivity index (χ1n) is 9.15. The number of carbonyl (C=O) groups is 1. The van der Waals surface area contributed by atoms with E-state index in [0.717, 1.165) is 40.9 Å². The van der Waals surface area contributed by atoms with E-state index >= 15 is 0 Å². The number of aromatic amines is 1. The van der Waals surface area contributed by atoms with Gasteiger partial charge in [0.15, 0.2) is 0 Å². The van der Waals surface area contributed by atoms with Crippen molar-refractivity contribution in [1.29, 1.82) is 0 Å². The molecule has 0 radical (unpaired) electrons. The summed E-state index contributed by atoms with van der Waals surface area (Å²) in [5.41, 5.74) is 3.90. The standard InChI is InChI=1S/C20H21N7O/c1-3-10-27-12-14(11-23-27)17-16-8-9-22-18(16)26-20(25-17)24-15-6-4-13(5-7-15)19(28)21-2/h4-9,11-12H,3,10H2,1-2H3,(H,21,28)(H2,22,24,25,26). The van der Waals surface area contributed by atoms with Crippen LogP contribution in [0.25, 0.3) is 22.3 Å². The first-order chi connectivity index (χ1) is 13.7. The third-order valence-corrected chi connectivity index (χ3v) is 4.41. The number of aryl methyl sites for hydroxylation is 1. The third kappa shape index (κ3) is 3.44. The molecule has 8 nitrogen and oxygen atoms in total. The van der Waals surface area contributed by atoms with Gasteiger partial charge in [-0.1, -0.05) is 6.92 Å². The Hall–Kier alpha value is -3.68. The molecule has 1 amide bonds. The molecular weight excluding hydrogens is 354 g/mol. The van der Waals surface area contributed by atoms with Gasteiger partial charge in [-0.25, -0.2) is 4.98 Å². The molecule has 0 fully saturated rings. The minimum atomic E-state index is -0.123. The second kappa shape index (κ2) is 7.51. The largest absolute Gasteiger partial charge is 0.355 e. The highest BCUT2D eigenvalue weighted by Crippen LogP contribution is 2.27. The molecule has 142 valence electrons. The Morgan fingerprint density at radius 1 is 1.18 bits per heavy atom. The molecule has 0 saturated heterocycles. The van der Waals surface area contributed by atoms with E-state index in [1.165, 1.54) is 0 Å². The lowest BCUT2D eigenvalue weighted by Gasteiger charge is -2.08. The van der Waals surface area contributed by atoms with E-state index in [4.69, 9.17) is 4.98 Å². The fourth-order valence-electron chi connectivity index (χ4n) is 3.03. The number of carbonyl (C=O) groups excluding carboxylic acids is 1. The summed E-state index contributed by atoms with van der Waals surface area (Å²) in [6, 6.07) is 9.12. The predicted octanol–water partition coefficient (Wildman–Crippen LogP) is 3.33. The number of hydrogen-bond acceptors (Lipinski definition) is 5. The van der Waals surface area contributed by atoms with Crippen molar-refractivity contribution in [3.8, 4) is 11.3 Å². The second-order valence-corrected chi connectivity index (χ2v) is 6.41. The summed E-state index contributed by atoms with van der Waals surface area (Å²) in [5, 5.41) is 11.2. The number of amides is 1. The van der Waals surface area contributed by atoms with Gasteiger partial charge in [-0.3, -0.25) is 9.48 Å². The number of hydrogen-bond donors (Lipinski definition) is 3. The Bertz CT molecular complexity index is 1110. The molecule has 0 aliphatic carbocycles. The van der Waals surface area contributed by atoms with E-state index in [1.54, 1.807) is 19.2 Å². The maximum Gasteiger partial charge on any atom is 0.251 e. The molecule has 0 aliphatic heterocycles. The van der Waals surface area contributed by atoms with Crippen molar-refractivity contribution in [1.82, 2.24) is 30.0 Å². The van der Waals surface area contributed by atoms with Crippen molar-refractivity contribution in [3.63, 3.8) is 0 Å². The van der Waals surface area contributed by atoms with E-state index in [-0.39, 0.29) is 5.91 Å². The van der Waals surface area contributed by atoms with Crippen LogP contribution >= 0.6 is 0 Å². The fourth-order valence-corrected chi connectivity index (χ4v) is 3.03. The third-order valence-electron chi connectivity index (χ3n) is 4.41. The summed E-state index contributed by atoms with van der Waals surface area (Å²) in [4.78, 5) is 24.1. The average molecular weight is 375 g/mol. The number of anilines is 2. The number of nitrogens with zero attached hydrogens (tertiary/aromatic N) is 4. The first kappa shape index (κ1) is 17.7. The van der Waals surface area contributed by atoms with Gasteiger partial charge in [0.05, 0.1) is 11.9 Å². The van der Waals surface area contributed by atoms with Crippen LogP contribution in [0.5, 0.6) is 0 Å². The summed E-state index contributed by atoms with van der Waals surface area (Å²) in [6.45, 7) is 2.98. The normalized spacial score (nSPS) is 10.9. The molecule has 0 saturated carbocycles. The summed E-state index contributed by atoms with van der Waals surface area (Å²) in [6.07, 6.45) is 6.69. The highest BCUT2D eigenvalue weighted by Gasteiger charge is 2.13. The molecule has 0 unspecified atom stereocenters. The average Bonchev–Trinajstić information content (AvgIpc) is 3.37. The molecule has 4 aromatic rings. The number of H-pyrrole nitrogens is 1. The van der Waals surface area contributed by atoms with E-state index in [0.29, 0.717) is 11.5 Å². The van der Waals surface area contributed by atoms with E-state index in [2.05, 4.69) is 32.6 Å². The van der Waals surface area contributed by atoms with Crippen LogP contribution in [-0.2, 0) is 6.54 Å². The minimum Gasteiger partial charge on any atom is -0.355 e. The van der Waals surface area contributed by atoms with E-state index in [1.807, 2.05) is 41.5 Å². The van der Waals surface area contributed by atoms with Crippen LogP contribution in [0.4, 0.5) is 11.6 Å². The SMILES string of the molecule is CCCn1cc(-c2nc(Nc3ccc(C(=O)NC)cc3)nc3[nH]ccc23)cn1. The van der Waals surface area contributed by atoms with Crippen LogP contribution in [0.2, 0.25) is 0 Å². The van der Waals surface area contributed by atoms with Crippen molar-refractivity contribution in [2.45, 2.75) is 19.9 Å². The molecular formula is C20H21N7O. The van der Waals surface area contributed by atoms with Gasteiger partial charge in [-0.15, -0.1) is 0 Å². The van der Waals surface area contributed by atoms with Crippen LogP contribution in [0.3, 0.4) is 0 Å². The molecule has 3 aromatic heterocycles. The van der Waals surface area contributed by atoms with Crippen molar-refractivity contribution in [3.05, 3.63) is 54.5 Å². The molecule has 8 heteroatoms. The molecule has 3 N–H and O–H groups in total. The fraction of sp³-hybridized carbons (Fsp3) is 0.200. The van der Waals surface area contributed by atoms with Gasteiger partial charge < -0.3 is 15.6 Å². The summed E-state index contributed by atoms with van der Waals surface area (Å²) < 4.78 is 1.92. The quantitative estimate of drug-likeness (QED) is 0.480. The van der Waals surface area contributed by atoms with Crippen LogP contribution in [0.15, 0.2) is 48.9 Å². The maximum atomic E-state index is 11.7. The number of nitrogens with one attached hydrogen (secondary N) is 3. The lowest BCUT2D eigenvalue weighted by Crippen LogP contribution is -2.17. The predicted molar refractivity (Wildman–Crippen MR) is 109 cm³/mol. The Labute approximate surface area is 162 Å². The van der Waals surface area contributed by atoms with Gasteiger partial charge >= 0.3 is 0 Å². The smallest absolute Gasteiger partial charge is 0.251 e. The second-order valence-electron chi connectivity index (χ2n) is 6.41. The lowest BCUT2D eigenvalue weighted by molar-refractivity contribution is 0.0963. The minimum absolute atomic E-state index is 0.123. The molecule has 0 aliphatic rings. The van der Waals surface area contributed by atoms with Gasteiger partial charge in [-0.05, 0) is 36.8 Å². The zero-order chi connectivity index (χ0) is 19.5. The van der Waals surface area contributed by atoms with Crippen molar-refractivity contribution >= 4 is 28.6 Å². The zero-order valence-corrected chi connectivity index (χ0v) is 15.7. The van der Waals surface area contributed by atoms with Gasteiger partial charge in [0.2, 0.25) is 5.95 Å². The Kier molecular flexibility index (Phi) is 4.76. The van der Waals surface area contributed by atoms with Gasteiger partial charge in [0, 0.05) is 48.2 Å². The lowest BCUT2D eigenvalue weighted by atomic mass is 10.2. The number of benzene rings is 1. The van der Waals surface area contributed by atoms with Crippen LogP contribution in [0, 0.1) is 0 Å². The number of aromatic nitrogens is 5. The topological polar surface area (TPSA) is 101 Å². The maximum absolute atomic E-state index is 11.7. The van der Waals surface area contributed by atoms with Crippen LogP contribution in [0.1, 0.15) is 23.7 Å². The van der Waals surface area contributed by atoms with Crippen molar-refractivity contribution < 1.29 is 4.79 Å². The molecule has 0 spiro atoms. The van der Waals surface area contributed by atoms with Gasteiger partial charge in [0.25, 0.3) is 5.91 Å². The van der Waals surface area contributed by atoms with Crippen molar-refractivity contribution in [2.24, 2.45) is 0 Å². The number of rotatable bonds is 6. The summed E-state index contributed by atoms with van der Waals surface area (Å²) >= 11 is 0. The van der Waals surface area contributed by atoms with E-state index in [9.17, 15) is 4.79 Å². The molecule has 28 heavy (non-hydrogen) atoms. The Balaban J connectivity index is 1.67. The van der Waals surface area contributed by atoms with Gasteiger partial charge in [-0.2, -0.15) is 10.1 Å². The summed E-state index contributed by atoms with van der Waals surface area (Å²) in [7, 11) is 1.61. The highest BCUT2D eigenvalue weighted by molar-refractivity contribution is 5.94. The first-order valence-corrected chi connectivity index (χ1v) is 9.15. The number of fused-ring (bicyclic) bond motifs is 1. The molecule has 1 aromatic carbocycles. The Morgan fingerprint density at radius 2 is 2.00 bits per heavy atom. The Morgan fingerprint density at radius 3 is 2.75 bits per heavy atom. The van der Waals surface area contributed by atoms with E-state index < -0.39 is 0 Å². The summed E-state index contributed by atoms with van der Waals surface area (Å²) in [5.74, 6) is 0.350.